The summed E-state index contributed by atoms with van der Waals surface area (Å²) in [6.07, 6.45) is 3.01. The molecule has 1 aromatic heterocycles. The second-order valence-electron chi connectivity index (χ2n) is 4.18. The normalized spacial score (nSPS) is 10.0. The van der Waals surface area contributed by atoms with Gasteiger partial charge in [-0.25, -0.2) is 8.78 Å². The van der Waals surface area contributed by atoms with Crippen molar-refractivity contribution in [1.82, 2.24) is 10.3 Å². The molecule has 0 fully saturated rings. The zero-order valence-electron chi connectivity index (χ0n) is 11.1. The fraction of sp³-hybridized carbons (Fsp3) is 0.0667. The van der Waals surface area contributed by atoms with Crippen molar-refractivity contribution >= 4 is 17.3 Å². The number of amides is 1. The van der Waals surface area contributed by atoms with Crippen molar-refractivity contribution in [2.45, 2.75) is 0 Å². The largest absolute Gasteiger partial charge is 0.355 e. The maximum atomic E-state index is 13.1. The van der Waals surface area contributed by atoms with Crippen molar-refractivity contribution in [3.8, 4) is 0 Å². The van der Waals surface area contributed by atoms with Crippen molar-refractivity contribution in [3.05, 3.63) is 66.5 Å². The number of pyridine rings is 1. The Kier molecular flexibility index (Phi) is 4.61. The highest BCUT2D eigenvalue weighted by Crippen LogP contribution is 2.19. The summed E-state index contributed by atoms with van der Waals surface area (Å²) < 4.78 is 26.0. The maximum Gasteiger partial charge on any atom is 0.270 e. The van der Waals surface area contributed by atoms with Crippen molar-refractivity contribution in [2.75, 3.05) is 11.9 Å². The van der Waals surface area contributed by atoms with Crippen LogP contribution in [0.1, 0.15) is 10.5 Å². The number of nitrogens with zero attached hydrogens (tertiary/aromatic N) is 1. The van der Waals surface area contributed by atoms with Gasteiger partial charge in [-0.2, -0.15) is 0 Å². The first kappa shape index (κ1) is 14.6. The summed E-state index contributed by atoms with van der Waals surface area (Å²) in [6, 6.07) is 6.59. The van der Waals surface area contributed by atoms with E-state index in [9.17, 15) is 13.6 Å². The van der Waals surface area contributed by atoms with Crippen molar-refractivity contribution in [2.24, 2.45) is 0 Å². The number of aromatic nitrogens is 1. The Labute approximate surface area is 120 Å². The van der Waals surface area contributed by atoms with Crippen LogP contribution in [0.25, 0.3) is 0 Å². The molecule has 1 aromatic carbocycles. The first-order valence-electron chi connectivity index (χ1n) is 6.17. The maximum absolute atomic E-state index is 13.1. The summed E-state index contributed by atoms with van der Waals surface area (Å²) in [5.74, 6) is -2.21. The van der Waals surface area contributed by atoms with Crippen LogP contribution < -0.4 is 10.6 Å². The van der Waals surface area contributed by atoms with Gasteiger partial charge >= 0.3 is 0 Å². The molecule has 0 spiro atoms. The smallest absolute Gasteiger partial charge is 0.270 e. The Morgan fingerprint density at radius 3 is 2.67 bits per heavy atom. The highest BCUT2D eigenvalue weighted by atomic mass is 19.2. The summed E-state index contributed by atoms with van der Waals surface area (Å²) >= 11 is 0. The van der Waals surface area contributed by atoms with Gasteiger partial charge in [0.1, 0.15) is 5.69 Å². The van der Waals surface area contributed by atoms with Crippen molar-refractivity contribution in [1.29, 1.82) is 0 Å². The highest BCUT2D eigenvalue weighted by molar-refractivity contribution is 5.93. The number of carbonyl (C=O) groups excluding carboxylic acids is 1. The van der Waals surface area contributed by atoms with Gasteiger partial charge in [0.15, 0.2) is 11.6 Å². The first-order chi connectivity index (χ1) is 10.1. The van der Waals surface area contributed by atoms with E-state index in [1.807, 2.05) is 0 Å². The molecule has 21 heavy (non-hydrogen) atoms. The minimum atomic E-state index is -0.946. The number of carbonyl (C=O) groups is 1. The van der Waals surface area contributed by atoms with E-state index in [1.54, 1.807) is 12.1 Å². The minimum Gasteiger partial charge on any atom is -0.355 e. The molecule has 2 rings (SSSR count). The predicted molar refractivity (Wildman–Crippen MR) is 76.4 cm³/mol. The van der Waals surface area contributed by atoms with Gasteiger partial charge in [0.25, 0.3) is 5.91 Å². The van der Waals surface area contributed by atoms with Crippen LogP contribution >= 0.6 is 0 Å². The molecule has 0 saturated carbocycles. The Bertz CT molecular complexity index is 674. The lowest BCUT2D eigenvalue weighted by Gasteiger charge is -2.08. The first-order valence-corrected chi connectivity index (χ1v) is 6.17. The third-order valence-corrected chi connectivity index (χ3v) is 2.61. The summed E-state index contributed by atoms with van der Waals surface area (Å²) in [5, 5.41) is 5.48. The standard InChI is InChI=1S/C15H13F2N3O/c1-2-6-19-15(21)14-9-11(5-7-18-14)20-10-3-4-12(16)13(17)8-10/h2-5,7-9H,1,6H2,(H,18,20)(H,19,21). The van der Waals surface area contributed by atoms with Crippen LogP contribution in [0.15, 0.2) is 49.2 Å². The summed E-state index contributed by atoms with van der Waals surface area (Å²) in [5.41, 5.74) is 1.13. The molecule has 0 unspecified atom stereocenters. The van der Waals surface area contributed by atoms with E-state index >= 15 is 0 Å². The van der Waals surface area contributed by atoms with Crippen LogP contribution in [0.2, 0.25) is 0 Å². The Morgan fingerprint density at radius 2 is 1.95 bits per heavy atom. The summed E-state index contributed by atoms with van der Waals surface area (Å²) in [4.78, 5) is 15.7. The molecule has 0 aliphatic rings. The lowest BCUT2D eigenvalue weighted by Crippen LogP contribution is -2.24. The Hall–Kier alpha value is -2.76. The highest BCUT2D eigenvalue weighted by Gasteiger charge is 2.07. The van der Waals surface area contributed by atoms with Gasteiger partial charge in [0, 0.05) is 30.2 Å². The molecule has 0 saturated heterocycles. The lowest BCUT2D eigenvalue weighted by molar-refractivity contribution is 0.0953. The number of hydrogen-bond donors (Lipinski definition) is 2. The zero-order valence-corrected chi connectivity index (χ0v) is 11.1. The molecule has 1 amide bonds. The average molecular weight is 289 g/mol. The van der Waals surface area contributed by atoms with Gasteiger partial charge < -0.3 is 10.6 Å². The van der Waals surface area contributed by atoms with Crippen molar-refractivity contribution in [3.63, 3.8) is 0 Å². The number of anilines is 2. The minimum absolute atomic E-state index is 0.212. The summed E-state index contributed by atoms with van der Waals surface area (Å²) in [6.45, 7) is 3.84. The molecule has 0 radical (unpaired) electrons. The predicted octanol–water partition coefficient (Wildman–Crippen LogP) is 3.02. The lowest BCUT2D eigenvalue weighted by atomic mass is 10.2. The Morgan fingerprint density at radius 1 is 1.19 bits per heavy atom. The van der Waals surface area contributed by atoms with Crippen LogP contribution in [0, 0.1) is 11.6 Å². The number of nitrogens with one attached hydrogen (secondary N) is 2. The average Bonchev–Trinajstić information content (AvgIpc) is 2.49. The molecule has 2 N–H and O–H groups in total. The molecule has 0 atom stereocenters. The second kappa shape index (κ2) is 6.60. The number of hydrogen-bond acceptors (Lipinski definition) is 3. The molecule has 0 bridgehead atoms. The second-order valence-corrected chi connectivity index (χ2v) is 4.18. The Balaban J connectivity index is 2.15. The molecule has 2 aromatic rings. The molecule has 0 aliphatic heterocycles. The quantitative estimate of drug-likeness (QED) is 0.832. The SMILES string of the molecule is C=CCNC(=O)c1cc(Nc2ccc(F)c(F)c2)ccn1. The van der Waals surface area contributed by atoms with Gasteiger partial charge in [-0.15, -0.1) is 6.58 Å². The van der Waals surface area contributed by atoms with Gasteiger partial charge in [-0.1, -0.05) is 6.08 Å². The molecule has 108 valence electrons. The van der Waals surface area contributed by atoms with Crippen LogP contribution in [-0.4, -0.2) is 17.4 Å². The van der Waals surface area contributed by atoms with Gasteiger partial charge in [0.05, 0.1) is 0 Å². The molecule has 4 nitrogen and oxygen atoms in total. The van der Waals surface area contributed by atoms with E-state index in [0.717, 1.165) is 12.1 Å². The van der Waals surface area contributed by atoms with E-state index < -0.39 is 11.6 Å². The fourth-order valence-corrected chi connectivity index (χ4v) is 1.63. The van der Waals surface area contributed by atoms with Gasteiger partial charge in [-0.3, -0.25) is 9.78 Å². The zero-order chi connectivity index (χ0) is 15.2. The van der Waals surface area contributed by atoms with Crippen LogP contribution in [0.3, 0.4) is 0 Å². The number of rotatable bonds is 5. The molecular formula is C15H13F2N3O. The van der Waals surface area contributed by atoms with E-state index in [0.29, 0.717) is 17.9 Å². The topological polar surface area (TPSA) is 54.0 Å². The fourth-order valence-electron chi connectivity index (χ4n) is 1.63. The van der Waals surface area contributed by atoms with Crippen LogP contribution in [-0.2, 0) is 0 Å². The van der Waals surface area contributed by atoms with E-state index in [-0.39, 0.29) is 11.6 Å². The molecule has 6 heteroatoms. The van der Waals surface area contributed by atoms with Gasteiger partial charge in [0.2, 0.25) is 0 Å². The van der Waals surface area contributed by atoms with Gasteiger partial charge in [-0.05, 0) is 24.3 Å². The number of benzene rings is 1. The van der Waals surface area contributed by atoms with Crippen LogP contribution in [0.5, 0.6) is 0 Å². The van der Waals surface area contributed by atoms with Crippen molar-refractivity contribution < 1.29 is 13.6 Å². The number of halogens is 2. The molecular weight excluding hydrogens is 276 g/mol. The monoisotopic (exact) mass is 289 g/mol. The molecule has 0 aliphatic carbocycles. The third kappa shape index (κ3) is 3.85. The van der Waals surface area contributed by atoms with E-state index in [4.69, 9.17) is 0 Å². The third-order valence-electron chi connectivity index (χ3n) is 2.61. The van der Waals surface area contributed by atoms with E-state index in [1.165, 1.54) is 18.3 Å². The van der Waals surface area contributed by atoms with E-state index in [2.05, 4.69) is 22.2 Å². The molecule has 1 heterocycles. The van der Waals surface area contributed by atoms with Crippen LogP contribution in [0.4, 0.5) is 20.2 Å². The summed E-state index contributed by atoms with van der Waals surface area (Å²) in [7, 11) is 0.